The van der Waals surface area contributed by atoms with E-state index in [1.165, 1.54) is 12.1 Å². The molecule has 0 unspecified atom stereocenters. The molecule has 1 amide bonds. The van der Waals surface area contributed by atoms with Crippen molar-refractivity contribution in [2.45, 2.75) is 13.5 Å². The summed E-state index contributed by atoms with van der Waals surface area (Å²) in [7, 11) is 0. The zero-order valence-corrected chi connectivity index (χ0v) is 12.1. The molecular formula is C13H11BrFNOS. The summed E-state index contributed by atoms with van der Waals surface area (Å²) in [5.41, 5.74) is 1.47. The number of hydrogen-bond acceptors (Lipinski definition) is 2. The van der Waals surface area contributed by atoms with Crippen molar-refractivity contribution in [3.05, 3.63) is 55.9 Å². The Morgan fingerprint density at radius 1 is 1.44 bits per heavy atom. The summed E-state index contributed by atoms with van der Waals surface area (Å²) in [6.45, 7) is 2.47. The largest absolute Gasteiger partial charge is 0.347 e. The maximum Gasteiger partial charge on any atom is 0.251 e. The molecule has 0 saturated heterocycles. The van der Waals surface area contributed by atoms with E-state index in [0.717, 1.165) is 10.4 Å². The van der Waals surface area contributed by atoms with Crippen LogP contribution >= 0.6 is 27.3 Å². The summed E-state index contributed by atoms with van der Waals surface area (Å²) >= 11 is 4.76. The van der Waals surface area contributed by atoms with Gasteiger partial charge in [0.1, 0.15) is 5.82 Å². The van der Waals surface area contributed by atoms with Gasteiger partial charge in [-0.3, -0.25) is 4.79 Å². The Kier molecular flexibility index (Phi) is 4.14. The van der Waals surface area contributed by atoms with Gasteiger partial charge in [-0.2, -0.15) is 0 Å². The van der Waals surface area contributed by atoms with Crippen LogP contribution in [0.2, 0.25) is 0 Å². The Bertz CT molecular complexity index is 562. The molecule has 0 fully saturated rings. The Morgan fingerprint density at radius 2 is 2.22 bits per heavy atom. The van der Waals surface area contributed by atoms with E-state index in [2.05, 4.69) is 21.2 Å². The number of amides is 1. The van der Waals surface area contributed by atoms with Crippen LogP contribution in [-0.4, -0.2) is 5.91 Å². The summed E-state index contributed by atoms with van der Waals surface area (Å²) < 4.78 is 13.7. The minimum absolute atomic E-state index is 0.275. The molecule has 1 heterocycles. The Morgan fingerprint density at radius 3 is 2.83 bits per heavy atom. The lowest BCUT2D eigenvalue weighted by Crippen LogP contribution is -2.22. The van der Waals surface area contributed by atoms with Crippen molar-refractivity contribution in [2.24, 2.45) is 0 Å². The quantitative estimate of drug-likeness (QED) is 0.910. The van der Waals surface area contributed by atoms with Crippen molar-refractivity contribution in [3.8, 4) is 0 Å². The van der Waals surface area contributed by atoms with Crippen molar-refractivity contribution in [1.82, 2.24) is 5.32 Å². The average Bonchev–Trinajstić information content (AvgIpc) is 2.70. The van der Waals surface area contributed by atoms with Crippen LogP contribution in [0.25, 0.3) is 0 Å². The van der Waals surface area contributed by atoms with Gasteiger partial charge in [0.25, 0.3) is 5.91 Å². The molecule has 1 N–H and O–H groups in total. The first-order valence-electron chi connectivity index (χ1n) is 5.33. The topological polar surface area (TPSA) is 29.1 Å². The molecule has 2 rings (SSSR count). The molecule has 2 nitrogen and oxygen atoms in total. The summed E-state index contributed by atoms with van der Waals surface area (Å²) in [6.07, 6.45) is 0. The maximum absolute atomic E-state index is 13.2. The van der Waals surface area contributed by atoms with Gasteiger partial charge in [0.05, 0.1) is 6.54 Å². The number of carbonyl (C=O) groups excluding carboxylic acids is 1. The second-order valence-electron chi connectivity index (χ2n) is 3.87. The van der Waals surface area contributed by atoms with E-state index < -0.39 is 5.82 Å². The minimum Gasteiger partial charge on any atom is -0.347 e. The Hall–Kier alpha value is -1.20. The third kappa shape index (κ3) is 3.17. The lowest BCUT2D eigenvalue weighted by molar-refractivity contribution is 0.0950. The SMILES string of the molecule is Cc1ccsc1CNC(=O)c1cc(F)cc(Br)c1. The van der Waals surface area contributed by atoms with Crippen molar-refractivity contribution < 1.29 is 9.18 Å². The number of nitrogens with one attached hydrogen (secondary N) is 1. The van der Waals surface area contributed by atoms with E-state index in [1.54, 1.807) is 17.4 Å². The van der Waals surface area contributed by atoms with E-state index in [4.69, 9.17) is 0 Å². The fourth-order valence-corrected chi connectivity index (χ4v) is 2.84. The number of thiophene rings is 1. The molecule has 0 aliphatic rings. The van der Waals surface area contributed by atoms with E-state index >= 15 is 0 Å². The highest BCUT2D eigenvalue weighted by molar-refractivity contribution is 9.10. The summed E-state index contributed by atoms with van der Waals surface area (Å²) in [4.78, 5) is 13.0. The summed E-state index contributed by atoms with van der Waals surface area (Å²) in [5.74, 6) is -0.704. The number of aryl methyl sites for hydroxylation is 1. The number of hydrogen-bond donors (Lipinski definition) is 1. The van der Waals surface area contributed by atoms with Gasteiger partial charge in [-0.1, -0.05) is 15.9 Å². The number of benzene rings is 1. The Labute approximate surface area is 117 Å². The predicted molar refractivity (Wildman–Crippen MR) is 74.3 cm³/mol. The van der Waals surface area contributed by atoms with Crippen LogP contribution in [0.1, 0.15) is 20.8 Å². The van der Waals surface area contributed by atoms with Crippen molar-refractivity contribution in [1.29, 1.82) is 0 Å². The Balaban J connectivity index is 2.06. The van der Waals surface area contributed by atoms with Gasteiger partial charge in [0.15, 0.2) is 0 Å². The zero-order chi connectivity index (χ0) is 13.1. The first-order valence-corrected chi connectivity index (χ1v) is 7.01. The molecule has 0 aliphatic carbocycles. The van der Waals surface area contributed by atoms with Crippen LogP contribution in [0.4, 0.5) is 4.39 Å². The minimum atomic E-state index is -0.429. The third-order valence-electron chi connectivity index (χ3n) is 2.50. The molecule has 5 heteroatoms. The van der Waals surface area contributed by atoms with E-state index in [0.29, 0.717) is 16.6 Å². The average molecular weight is 328 g/mol. The number of rotatable bonds is 3. The molecular weight excluding hydrogens is 317 g/mol. The molecule has 0 aliphatic heterocycles. The van der Waals surface area contributed by atoms with Crippen LogP contribution in [0.15, 0.2) is 34.1 Å². The summed E-state index contributed by atoms with van der Waals surface area (Å²) in [5, 5.41) is 4.76. The van der Waals surface area contributed by atoms with Gasteiger partial charge >= 0.3 is 0 Å². The lowest BCUT2D eigenvalue weighted by Gasteiger charge is -2.05. The van der Waals surface area contributed by atoms with Crippen LogP contribution < -0.4 is 5.32 Å². The molecule has 0 atom stereocenters. The summed E-state index contributed by atoms with van der Waals surface area (Å²) in [6, 6.07) is 6.15. The number of carbonyl (C=O) groups is 1. The molecule has 0 radical (unpaired) electrons. The second kappa shape index (κ2) is 5.63. The van der Waals surface area contributed by atoms with Gasteiger partial charge in [0.2, 0.25) is 0 Å². The highest BCUT2D eigenvalue weighted by Gasteiger charge is 2.09. The van der Waals surface area contributed by atoms with Crippen LogP contribution in [-0.2, 0) is 6.54 Å². The normalized spacial score (nSPS) is 10.4. The molecule has 0 spiro atoms. The molecule has 2 aromatic rings. The third-order valence-corrected chi connectivity index (χ3v) is 3.98. The molecule has 94 valence electrons. The highest BCUT2D eigenvalue weighted by atomic mass is 79.9. The fraction of sp³-hybridized carbons (Fsp3) is 0.154. The standard InChI is InChI=1S/C13H11BrFNOS/c1-8-2-3-18-12(8)7-16-13(17)9-4-10(14)6-11(15)5-9/h2-6H,7H2,1H3,(H,16,17). The van der Waals surface area contributed by atoms with Gasteiger partial charge in [-0.25, -0.2) is 4.39 Å². The van der Waals surface area contributed by atoms with E-state index in [1.807, 2.05) is 18.4 Å². The van der Waals surface area contributed by atoms with Crippen molar-refractivity contribution >= 4 is 33.2 Å². The van der Waals surface area contributed by atoms with Gasteiger partial charge < -0.3 is 5.32 Å². The first-order chi connectivity index (χ1) is 8.56. The van der Waals surface area contributed by atoms with Crippen LogP contribution in [0.5, 0.6) is 0 Å². The van der Waals surface area contributed by atoms with Crippen molar-refractivity contribution in [2.75, 3.05) is 0 Å². The lowest BCUT2D eigenvalue weighted by atomic mass is 10.2. The van der Waals surface area contributed by atoms with Crippen LogP contribution in [0, 0.1) is 12.7 Å². The maximum atomic E-state index is 13.2. The molecule has 0 bridgehead atoms. The molecule has 1 aromatic heterocycles. The second-order valence-corrected chi connectivity index (χ2v) is 5.78. The fourth-order valence-electron chi connectivity index (χ4n) is 1.53. The smallest absolute Gasteiger partial charge is 0.251 e. The number of halogens is 2. The van der Waals surface area contributed by atoms with Gasteiger partial charge in [0, 0.05) is 14.9 Å². The molecule has 1 aromatic carbocycles. The van der Waals surface area contributed by atoms with Crippen LogP contribution in [0.3, 0.4) is 0 Å². The zero-order valence-electron chi connectivity index (χ0n) is 9.67. The highest BCUT2D eigenvalue weighted by Crippen LogP contribution is 2.17. The van der Waals surface area contributed by atoms with E-state index in [-0.39, 0.29) is 5.91 Å². The monoisotopic (exact) mass is 327 g/mol. The molecule has 0 saturated carbocycles. The van der Waals surface area contributed by atoms with Gasteiger partial charge in [-0.05, 0) is 42.1 Å². The predicted octanol–water partition coefficient (Wildman–Crippen LogP) is 3.89. The van der Waals surface area contributed by atoms with E-state index in [9.17, 15) is 9.18 Å². The van der Waals surface area contributed by atoms with Gasteiger partial charge in [-0.15, -0.1) is 11.3 Å². The first kappa shape index (κ1) is 13.2. The molecule has 18 heavy (non-hydrogen) atoms. The van der Waals surface area contributed by atoms with Crippen molar-refractivity contribution in [3.63, 3.8) is 0 Å².